The van der Waals surface area contributed by atoms with Gasteiger partial charge >= 0.3 is 0 Å². The van der Waals surface area contributed by atoms with Crippen molar-refractivity contribution in [2.24, 2.45) is 0 Å². The summed E-state index contributed by atoms with van der Waals surface area (Å²) in [5.74, 6) is 0.203. The first-order valence-corrected chi connectivity index (χ1v) is 8.22. The lowest BCUT2D eigenvalue weighted by Gasteiger charge is -2.32. The molecule has 2 aromatic rings. The van der Waals surface area contributed by atoms with E-state index < -0.39 is 0 Å². The van der Waals surface area contributed by atoms with E-state index in [9.17, 15) is 4.79 Å². The molecule has 1 atom stereocenters. The summed E-state index contributed by atoms with van der Waals surface area (Å²) in [6.45, 7) is 4.49. The standard InChI is InChI=1S/C18H24N2O2/c1-2-10-22-15-6-5-9-20(13-15)18(21)11-14-12-19-17-8-4-3-7-16(14)17/h3-4,7-8,12,15,19H,2,5-6,9-11,13H2,1H3/t15-/m1/s1. The molecule has 4 heteroatoms. The van der Waals surface area contributed by atoms with E-state index in [4.69, 9.17) is 4.74 Å². The van der Waals surface area contributed by atoms with Gasteiger partial charge in [0, 0.05) is 36.8 Å². The first kappa shape index (κ1) is 15.1. The first-order chi connectivity index (χ1) is 10.8. The molecule has 1 saturated heterocycles. The summed E-state index contributed by atoms with van der Waals surface area (Å²) in [6.07, 6.45) is 5.76. The van der Waals surface area contributed by atoms with Crippen LogP contribution < -0.4 is 0 Å². The topological polar surface area (TPSA) is 45.3 Å². The molecule has 118 valence electrons. The van der Waals surface area contributed by atoms with Crippen molar-refractivity contribution in [2.75, 3.05) is 19.7 Å². The minimum atomic E-state index is 0.203. The minimum absolute atomic E-state index is 0.203. The number of amides is 1. The Morgan fingerprint density at radius 2 is 2.27 bits per heavy atom. The van der Waals surface area contributed by atoms with Crippen molar-refractivity contribution >= 4 is 16.8 Å². The Morgan fingerprint density at radius 3 is 3.14 bits per heavy atom. The number of nitrogens with one attached hydrogen (secondary N) is 1. The second kappa shape index (κ2) is 6.97. The third kappa shape index (κ3) is 3.33. The number of piperidine rings is 1. The molecule has 1 amide bonds. The van der Waals surface area contributed by atoms with E-state index in [0.29, 0.717) is 6.42 Å². The molecule has 0 aliphatic carbocycles. The zero-order chi connectivity index (χ0) is 15.4. The fourth-order valence-corrected chi connectivity index (χ4v) is 3.14. The Hall–Kier alpha value is -1.81. The monoisotopic (exact) mass is 300 g/mol. The van der Waals surface area contributed by atoms with Crippen molar-refractivity contribution < 1.29 is 9.53 Å². The van der Waals surface area contributed by atoms with E-state index >= 15 is 0 Å². The van der Waals surface area contributed by atoms with Gasteiger partial charge in [0.25, 0.3) is 0 Å². The van der Waals surface area contributed by atoms with Crippen LogP contribution in [0.25, 0.3) is 10.9 Å². The lowest BCUT2D eigenvalue weighted by atomic mass is 10.1. The van der Waals surface area contributed by atoms with Crippen LogP contribution in [0, 0.1) is 0 Å². The third-order valence-corrected chi connectivity index (χ3v) is 4.31. The number of aromatic nitrogens is 1. The van der Waals surface area contributed by atoms with Crippen molar-refractivity contribution in [2.45, 2.75) is 38.7 Å². The summed E-state index contributed by atoms with van der Waals surface area (Å²) < 4.78 is 5.82. The molecular weight excluding hydrogens is 276 g/mol. The average molecular weight is 300 g/mol. The van der Waals surface area contributed by atoms with E-state index in [1.165, 1.54) is 0 Å². The molecule has 4 nitrogen and oxygen atoms in total. The Labute approximate surface area is 131 Å². The molecule has 1 fully saturated rings. The van der Waals surface area contributed by atoms with Crippen molar-refractivity contribution in [3.8, 4) is 0 Å². The van der Waals surface area contributed by atoms with Gasteiger partial charge in [0.2, 0.25) is 5.91 Å². The van der Waals surface area contributed by atoms with Crippen LogP contribution in [0.4, 0.5) is 0 Å². The predicted molar refractivity (Wildman–Crippen MR) is 87.8 cm³/mol. The van der Waals surface area contributed by atoms with Crippen molar-refractivity contribution in [1.29, 1.82) is 0 Å². The SMILES string of the molecule is CCCO[C@@H]1CCCN(C(=O)Cc2c[nH]c3ccccc23)C1. The van der Waals surface area contributed by atoms with Gasteiger partial charge in [-0.05, 0) is 30.9 Å². The van der Waals surface area contributed by atoms with Crippen molar-refractivity contribution in [3.63, 3.8) is 0 Å². The quantitative estimate of drug-likeness (QED) is 0.922. The molecule has 0 unspecified atom stereocenters. The largest absolute Gasteiger partial charge is 0.376 e. The van der Waals surface area contributed by atoms with Gasteiger partial charge < -0.3 is 14.6 Å². The molecule has 0 spiro atoms. The smallest absolute Gasteiger partial charge is 0.227 e. The second-order valence-electron chi connectivity index (χ2n) is 6.01. The van der Waals surface area contributed by atoms with Gasteiger partial charge in [0.15, 0.2) is 0 Å². The molecule has 0 bridgehead atoms. The molecule has 1 aromatic heterocycles. The second-order valence-corrected chi connectivity index (χ2v) is 6.01. The van der Waals surface area contributed by atoms with Crippen LogP contribution in [-0.4, -0.2) is 41.6 Å². The lowest BCUT2D eigenvalue weighted by Crippen LogP contribution is -2.43. The molecule has 22 heavy (non-hydrogen) atoms. The van der Waals surface area contributed by atoms with E-state index in [1.54, 1.807) is 0 Å². The number of carbonyl (C=O) groups is 1. The maximum Gasteiger partial charge on any atom is 0.227 e. The molecule has 0 radical (unpaired) electrons. The number of aromatic amines is 1. The molecular formula is C18H24N2O2. The highest BCUT2D eigenvalue weighted by atomic mass is 16.5. The van der Waals surface area contributed by atoms with Crippen molar-refractivity contribution in [3.05, 3.63) is 36.0 Å². The predicted octanol–water partition coefficient (Wildman–Crippen LogP) is 3.13. The first-order valence-electron chi connectivity index (χ1n) is 8.22. The number of carbonyl (C=O) groups excluding carboxylic acids is 1. The van der Waals surface area contributed by atoms with E-state index in [2.05, 4.69) is 18.0 Å². The average Bonchev–Trinajstić information content (AvgIpc) is 2.96. The number of fused-ring (bicyclic) bond motifs is 1. The van der Waals surface area contributed by atoms with E-state index in [0.717, 1.165) is 55.4 Å². The van der Waals surface area contributed by atoms with Gasteiger partial charge in [-0.15, -0.1) is 0 Å². The molecule has 1 N–H and O–H groups in total. The maximum atomic E-state index is 12.6. The van der Waals surface area contributed by atoms with Gasteiger partial charge in [-0.1, -0.05) is 25.1 Å². The highest BCUT2D eigenvalue weighted by Gasteiger charge is 2.24. The fraction of sp³-hybridized carbons (Fsp3) is 0.500. The number of para-hydroxylation sites is 1. The molecule has 1 aromatic carbocycles. The Balaban J connectivity index is 1.64. The molecule has 1 aliphatic rings. The Morgan fingerprint density at radius 1 is 1.41 bits per heavy atom. The fourth-order valence-electron chi connectivity index (χ4n) is 3.14. The van der Waals surface area contributed by atoms with Gasteiger partial charge in [-0.25, -0.2) is 0 Å². The van der Waals surface area contributed by atoms with Gasteiger partial charge in [0.1, 0.15) is 0 Å². The highest BCUT2D eigenvalue weighted by molar-refractivity contribution is 5.88. The maximum absolute atomic E-state index is 12.6. The zero-order valence-electron chi connectivity index (χ0n) is 13.2. The van der Waals surface area contributed by atoms with Crippen molar-refractivity contribution in [1.82, 2.24) is 9.88 Å². The summed E-state index contributed by atoms with van der Waals surface area (Å²) in [5, 5.41) is 1.15. The van der Waals surface area contributed by atoms with Crippen LogP contribution in [-0.2, 0) is 16.0 Å². The van der Waals surface area contributed by atoms with Crippen LogP contribution in [0.3, 0.4) is 0 Å². The lowest BCUT2D eigenvalue weighted by molar-refractivity contribution is -0.134. The molecule has 0 saturated carbocycles. The Kier molecular flexibility index (Phi) is 4.78. The summed E-state index contributed by atoms with van der Waals surface area (Å²) >= 11 is 0. The molecule has 3 rings (SSSR count). The summed E-state index contributed by atoms with van der Waals surface area (Å²) in [4.78, 5) is 17.8. The zero-order valence-corrected chi connectivity index (χ0v) is 13.2. The van der Waals surface area contributed by atoms with Crippen LogP contribution in [0.15, 0.2) is 30.5 Å². The number of likely N-dealkylation sites (tertiary alicyclic amines) is 1. The number of nitrogens with zero attached hydrogens (tertiary/aromatic N) is 1. The third-order valence-electron chi connectivity index (χ3n) is 4.31. The summed E-state index contributed by atoms with van der Waals surface area (Å²) in [6, 6.07) is 8.13. The van der Waals surface area contributed by atoms with Gasteiger partial charge in [-0.3, -0.25) is 4.79 Å². The van der Waals surface area contributed by atoms with Crippen LogP contribution in [0.1, 0.15) is 31.7 Å². The highest BCUT2D eigenvalue weighted by Crippen LogP contribution is 2.20. The Bertz CT molecular complexity index is 635. The number of ether oxygens (including phenoxy) is 1. The minimum Gasteiger partial charge on any atom is -0.376 e. The summed E-state index contributed by atoms with van der Waals surface area (Å²) in [5.41, 5.74) is 2.17. The van der Waals surface area contributed by atoms with Crippen LogP contribution >= 0.6 is 0 Å². The number of H-pyrrole nitrogens is 1. The number of rotatable bonds is 5. The van der Waals surface area contributed by atoms with Gasteiger partial charge in [-0.2, -0.15) is 0 Å². The van der Waals surface area contributed by atoms with Crippen LogP contribution in [0.5, 0.6) is 0 Å². The van der Waals surface area contributed by atoms with Crippen LogP contribution in [0.2, 0.25) is 0 Å². The normalized spacial score (nSPS) is 18.8. The number of benzene rings is 1. The molecule has 1 aliphatic heterocycles. The number of hydrogen-bond acceptors (Lipinski definition) is 2. The van der Waals surface area contributed by atoms with Gasteiger partial charge in [0.05, 0.1) is 12.5 Å². The molecule has 2 heterocycles. The number of hydrogen-bond donors (Lipinski definition) is 1. The van der Waals surface area contributed by atoms with E-state index in [1.807, 2.05) is 29.3 Å². The van der Waals surface area contributed by atoms with E-state index in [-0.39, 0.29) is 12.0 Å². The summed E-state index contributed by atoms with van der Waals surface area (Å²) in [7, 11) is 0.